The normalized spacial score (nSPS) is 12.3. The number of nitrogens with zero attached hydrogens (tertiary/aromatic N) is 1. The first-order chi connectivity index (χ1) is 13.6. The van der Waals surface area contributed by atoms with Gasteiger partial charge in [-0.1, -0.05) is 48.5 Å². The highest BCUT2D eigenvalue weighted by Crippen LogP contribution is 2.31. The molecule has 28 heavy (non-hydrogen) atoms. The van der Waals surface area contributed by atoms with Crippen LogP contribution in [0, 0.1) is 11.3 Å². The number of nitriles is 1. The number of carbonyl (C=O) groups is 1. The van der Waals surface area contributed by atoms with Gasteiger partial charge in [0.2, 0.25) is 0 Å². The molecule has 1 atom stereocenters. The van der Waals surface area contributed by atoms with Crippen molar-refractivity contribution in [2.45, 2.75) is 12.5 Å². The Bertz CT molecular complexity index is 968. The molecule has 5 nitrogen and oxygen atoms in total. The second-order valence-electron chi connectivity index (χ2n) is 6.41. The van der Waals surface area contributed by atoms with E-state index in [-0.39, 0.29) is 12.5 Å². The van der Waals surface area contributed by atoms with Gasteiger partial charge in [0.15, 0.2) is 17.0 Å². The summed E-state index contributed by atoms with van der Waals surface area (Å²) in [6.07, 6.45) is 0. The minimum atomic E-state index is -1.20. The Hall–Kier alpha value is -3.78. The third kappa shape index (κ3) is 4.89. The average molecular weight is 372 g/mol. The topological polar surface area (TPSA) is 71.3 Å². The monoisotopic (exact) mass is 372 g/mol. The molecule has 0 aliphatic carbocycles. The van der Waals surface area contributed by atoms with Gasteiger partial charge in [-0.3, -0.25) is 4.79 Å². The SMILES string of the molecule is CC(C#N)(COc1ccccc1Oc1ccccc1)NC(=O)c1ccccc1. The Morgan fingerprint density at radius 2 is 1.50 bits per heavy atom. The van der Waals surface area contributed by atoms with E-state index in [4.69, 9.17) is 9.47 Å². The number of rotatable bonds is 7. The van der Waals surface area contributed by atoms with Crippen LogP contribution in [0.5, 0.6) is 17.2 Å². The zero-order chi connectivity index (χ0) is 19.8. The molecule has 3 aromatic rings. The third-order valence-electron chi connectivity index (χ3n) is 4.01. The van der Waals surface area contributed by atoms with Crippen molar-refractivity contribution in [1.29, 1.82) is 5.26 Å². The van der Waals surface area contributed by atoms with Crippen LogP contribution >= 0.6 is 0 Å². The van der Waals surface area contributed by atoms with Gasteiger partial charge >= 0.3 is 0 Å². The Labute approximate surface area is 164 Å². The van der Waals surface area contributed by atoms with E-state index in [1.165, 1.54) is 0 Å². The zero-order valence-corrected chi connectivity index (χ0v) is 15.5. The molecule has 140 valence electrons. The van der Waals surface area contributed by atoms with Crippen molar-refractivity contribution < 1.29 is 14.3 Å². The standard InChI is InChI=1S/C23H20N2O3/c1-23(16-24,25-22(26)18-10-4-2-5-11-18)17-27-20-14-8-9-15-21(20)28-19-12-6-3-7-13-19/h2-15H,17H2,1H3,(H,25,26). The van der Waals surface area contributed by atoms with Crippen LogP contribution in [0.1, 0.15) is 17.3 Å². The smallest absolute Gasteiger partial charge is 0.252 e. The third-order valence-corrected chi connectivity index (χ3v) is 4.01. The van der Waals surface area contributed by atoms with Gasteiger partial charge < -0.3 is 14.8 Å². The van der Waals surface area contributed by atoms with E-state index in [2.05, 4.69) is 11.4 Å². The molecular formula is C23H20N2O3. The minimum absolute atomic E-state index is 0.0305. The van der Waals surface area contributed by atoms with E-state index < -0.39 is 5.54 Å². The predicted molar refractivity (Wildman–Crippen MR) is 106 cm³/mol. The van der Waals surface area contributed by atoms with Gasteiger partial charge in [0.05, 0.1) is 6.07 Å². The molecule has 0 aromatic heterocycles. The molecule has 0 spiro atoms. The molecule has 0 saturated heterocycles. The summed E-state index contributed by atoms with van der Waals surface area (Å²) in [6.45, 7) is 1.59. The highest BCUT2D eigenvalue weighted by Gasteiger charge is 2.28. The molecule has 0 aliphatic rings. The largest absolute Gasteiger partial charge is 0.486 e. The van der Waals surface area contributed by atoms with Crippen LogP contribution in [-0.2, 0) is 0 Å². The molecule has 5 heteroatoms. The quantitative estimate of drug-likeness (QED) is 0.659. The molecule has 0 saturated carbocycles. The maximum atomic E-state index is 12.4. The van der Waals surface area contributed by atoms with E-state index in [1.807, 2.05) is 48.5 Å². The number of nitrogens with one attached hydrogen (secondary N) is 1. The van der Waals surface area contributed by atoms with Crippen LogP contribution in [0.4, 0.5) is 0 Å². The molecule has 0 fully saturated rings. The van der Waals surface area contributed by atoms with Crippen LogP contribution in [0.2, 0.25) is 0 Å². The fraction of sp³-hybridized carbons (Fsp3) is 0.130. The van der Waals surface area contributed by atoms with Gasteiger partial charge in [0.25, 0.3) is 5.91 Å². The van der Waals surface area contributed by atoms with Crippen molar-refractivity contribution in [3.05, 3.63) is 90.5 Å². The summed E-state index contributed by atoms with van der Waals surface area (Å²) in [5.74, 6) is 1.37. The van der Waals surface area contributed by atoms with Crippen LogP contribution < -0.4 is 14.8 Å². The second-order valence-corrected chi connectivity index (χ2v) is 6.41. The molecule has 3 aromatic carbocycles. The number of para-hydroxylation sites is 3. The Morgan fingerprint density at radius 1 is 0.929 bits per heavy atom. The number of amides is 1. The molecule has 0 heterocycles. The molecule has 0 radical (unpaired) electrons. The number of hydrogen-bond acceptors (Lipinski definition) is 4. The van der Waals surface area contributed by atoms with E-state index in [0.29, 0.717) is 22.8 Å². The minimum Gasteiger partial charge on any atom is -0.486 e. The zero-order valence-electron chi connectivity index (χ0n) is 15.5. The average Bonchev–Trinajstić information content (AvgIpc) is 2.74. The summed E-state index contributed by atoms with van der Waals surface area (Å²) in [5.41, 5.74) is -0.718. The van der Waals surface area contributed by atoms with E-state index in [0.717, 1.165) is 0 Å². The van der Waals surface area contributed by atoms with Gasteiger partial charge in [-0.05, 0) is 43.3 Å². The highest BCUT2D eigenvalue weighted by atomic mass is 16.5. The summed E-state index contributed by atoms with van der Waals surface area (Å²) in [5, 5.41) is 12.3. The summed E-state index contributed by atoms with van der Waals surface area (Å²) < 4.78 is 11.7. The lowest BCUT2D eigenvalue weighted by molar-refractivity contribution is 0.0900. The predicted octanol–water partition coefficient (Wildman–Crippen LogP) is 4.57. The van der Waals surface area contributed by atoms with E-state index in [1.54, 1.807) is 43.3 Å². The first-order valence-corrected chi connectivity index (χ1v) is 8.83. The van der Waals surface area contributed by atoms with Crippen LogP contribution in [-0.4, -0.2) is 18.1 Å². The Balaban J connectivity index is 1.70. The van der Waals surface area contributed by atoms with Gasteiger partial charge in [0, 0.05) is 5.56 Å². The summed E-state index contributed by atoms with van der Waals surface area (Å²) in [4.78, 5) is 12.4. The first kappa shape index (κ1) is 19.0. The van der Waals surface area contributed by atoms with E-state index in [9.17, 15) is 10.1 Å². The first-order valence-electron chi connectivity index (χ1n) is 8.83. The Kier molecular flexibility index (Phi) is 5.93. The number of hydrogen-bond donors (Lipinski definition) is 1. The van der Waals surface area contributed by atoms with Crippen molar-refractivity contribution in [3.8, 4) is 23.3 Å². The molecular weight excluding hydrogens is 352 g/mol. The summed E-state index contributed by atoms with van der Waals surface area (Å²) >= 11 is 0. The lowest BCUT2D eigenvalue weighted by Gasteiger charge is -2.24. The van der Waals surface area contributed by atoms with Crippen molar-refractivity contribution >= 4 is 5.91 Å². The van der Waals surface area contributed by atoms with Crippen LogP contribution in [0.25, 0.3) is 0 Å². The second kappa shape index (κ2) is 8.74. The maximum Gasteiger partial charge on any atom is 0.252 e. The molecule has 1 unspecified atom stereocenters. The van der Waals surface area contributed by atoms with Crippen molar-refractivity contribution in [2.24, 2.45) is 0 Å². The number of carbonyl (C=O) groups excluding carboxylic acids is 1. The number of ether oxygens (including phenoxy) is 2. The van der Waals surface area contributed by atoms with Crippen molar-refractivity contribution in [2.75, 3.05) is 6.61 Å². The highest BCUT2D eigenvalue weighted by molar-refractivity contribution is 5.94. The molecule has 1 amide bonds. The van der Waals surface area contributed by atoms with Crippen LogP contribution in [0.3, 0.4) is 0 Å². The fourth-order valence-corrected chi connectivity index (χ4v) is 2.50. The molecule has 1 N–H and O–H groups in total. The van der Waals surface area contributed by atoms with Crippen molar-refractivity contribution in [3.63, 3.8) is 0 Å². The molecule has 3 rings (SSSR count). The number of benzene rings is 3. The van der Waals surface area contributed by atoms with Gasteiger partial charge in [-0.15, -0.1) is 0 Å². The van der Waals surface area contributed by atoms with Gasteiger partial charge in [0.1, 0.15) is 12.4 Å². The van der Waals surface area contributed by atoms with E-state index >= 15 is 0 Å². The Morgan fingerprint density at radius 3 is 2.14 bits per heavy atom. The lowest BCUT2D eigenvalue weighted by atomic mass is 10.1. The maximum absolute atomic E-state index is 12.4. The fourth-order valence-electron chi connectivity index (χ4n) is 2.50. The molecule has 0 bridgehead atoms. The lowest BCUT2D eigenvalue weighted by Crippen LogP contribution is -2.49. The summed E-state index contributed by atoms with van der Waals surface area (Å²) in [6, 6.07) is 27.4. The van der Waals surface area contributed by atoms with Gasteiger partial charge in [-0.2, -0.15) is 5.26 Å². The molecule has 0 aliphatic heterocycles. The van der Waals surface area contributed by atoms with Gasteiger partial charge in [-0.25, -0.2) is 0 Å². The summed E-state index contributed by atoms with van der Waals surface area (Å²) in [7, 11) is 0. The van der Waals surface area contributed by atoms with Crippen molar-refractivity contribution in [1.82, 2.24) is 5.32 Å². The van der Waals surface area contributed by atoms with Crippen LogP contribution in [0.15, 0.2) is 84.9 Å².